The third-order valence-electron chi connectivity index (χ3n) is 1.96. The first-order valence-electron chi connectivity index (χ1n) is 4.35. The fourth-order valence-electron chi connectivity index (χ4n) is 1.27. The molecule has 0 spiro atoms. The van der Waals surface area contributed by atoms with Crippen molar-refractivity contribution in [1.82, 2.24) is 0 Å². The molecule has 0 bridgehead atoms. The van der Waals surface area contributed by atoms with Gasteiger partial charge in [0.25, 0.3) is 0 Å². The molecule has 0 aliphatic heterocycles. The van der Waals surface area contributed by atoms with Crippen LogP contribution in [0.5, 0.6) is 0 Å². The fraction of sp³-hybridized carbons (Fsp3) is 0.400. The van der Waals surface area contributed by atoms with E-state index >= 15 is 0 Å². The number of hydrogen-bond donors (Lipinski definition) is 1. The Kier molecular flexibility index (Phi) is 3.70. The Morgan fingerprint density at radius 1 is 1.54 bits per heavy atom. The van der Waals surface area contributed by atoms with Crippen LogP contribution < -0.4 is 5.73 Å². The summed E-state index contributed by atoms with van der Waals surface area (Å²) in [5.41, 5.74) is 6.52. The van der Waals surface area contributed by atoms with E-state index in [1.807, 2.05) is 6.92 Å². The van der Waals surface area contributed by atoms with Gasteiger partial charge in [0.1, 0.15) is 5.82 Å². The average molecular weight is 202 g/mol. The van der Waals surface area contributed by atoms with Crippen LogP contribution in [0.3, 0.4) is 0 Å². The lowest BCUT2D eigenvalue weighted by molar-refractivity contribution is 0.605. The van der Waals surface area contributed by atoms with Gasteiger partial charge in [0.2, 0.25) is 0 Å². The summed E-state index contributed by atoms with van der Waals surface area (Å²) >= 11 is 5.88. The molecular formula is C10H13ClFN. The highest BCUT2D eigenvalue weighted by atomic mass is 35.5. The van der Waals surface area contributed by atoms with Gasteiger partial charge in [-0.15, -0.1) is 0 Å². The minimum atomic E-state index is -0.286. The number of rotatable bonds is 3. The SMILES string of the molecule is CCC[C@H](N)c1cc(F)ccc1Cl. The highest BCUT2D eigenvalue weighted by Gasteiger charge is 2.09. The van der Waals surface area contributed by atoms with Crippen molar-refractivity contribution >= 4 is 11.6 Å². The van der Waals surface area contributed by atoms with Crippen LogP contribution in [0.2, 0.25) is 5.02 Å². The monoisotopic (exact) mass is 201 g/mol. The van der Waals surface area contributed by atoms with Gasteiger partial charge >= 0.3 is 0 Å². The summed E-state index contributed by atoms with van der Waals surface area (Å²) in [4.78, 5) is 0. The molecule has 72 valence electrons. The lowest BCUT2D eigenvalue weighted by atomic mass is 10.0. The van der Waals surface area contributed by atoms with Crippen molar-refractivity contribution in [1.29, 1.82) is 0 Å². The lowest BCUT2D eigenvalue weighted by Gasteiger charge is -2.12. The molecule has 2 N–H and O–H groups in total. The van der Waals surface area contributed by atoms with Crippen molar-refractivity contribution in [2.45, 2.75) is 25.8 Å². The molecule has 0 radical (unpaired) electrons. The van der Waals surface area contributed by atoms with Crippen molar-refractivity contribution in [3.63, 3.8) is 0 Å². The summed E-state index contributed by atoms with van der Waals surface area (Å²) in [6.07, 6.45) is 1.79. The molecule has 0 saturated heterocycles. The Hall–Kier alpha value is -0.600. The van der Waals surface area contributed by atoms with Crippen molar-refractivity contribution in [3.8, 4) is 0 Å². The Balaban J connectivity index is 2.91. The van der Waals surface area contributed by atoms with Crippen molar-refractivity contribution < 1.29 is 4.39 Å². The van der Waals surface area contributed by atoms with E-state index in [-0.39, 0.29) is 11.9 Å². The molecule has 0 aliphatic carbocycles. The Morgan fingerprint density at radius 3 is 2.85 bits per heavy atom. The molecule has 1 aromatic carbocycles. The van der Waals surface area contributed by atoms with Crippen LogP contribution in [0.15, 0.2) is 18.2 Å². The minimum Gasteiger partial charge on any atom is -0.324 e. The number of nitrogens with two attached hydrogens (primary N) is 1. The van der Waals surface area contributed by atoms with Gasteiger partial charge in [0.15, 0.2) is 0 Å². The summed E-state index contributed by atoms with van der Waals surface area (Å²) < 4.78 is 12.8. The third kappa shape index (κ3) is 2.68. The van der Waals surface area contributed by atoms with Crippen LogP contribution in [-0.4, -0.2) is 0 Å². The molecule has 3 heteroatoms. The van der Waals surface area contributed by atoms with E-state index in [1.165, 1.54) is 12.1 Å². The molecule has 1 aromatic rings. The second-order valence-corrected chi connectivity index (χ2v) is 3.47. The van der Waals surface area contributed by atoms with E-state index in [4.69, 9.17) is 17.3 Å². The quantitative estimate of drug-likeness (QED) is 0.798. The van der Waals surface area contributed by atoms with E-state index in [2.05, 4.69) is 0 Å². The smallest absolute Gasteiger partial charge is 0.123 e. The number of benzene rings is 1. The normalized spacial score (nSPS) is 12.9. The third-order valence-corrected chi connectivity index (χ3v) is 2.30. The highest BCUT2D eigenvalue weighted by Crippen LogP contribution is 2.24. The minimum absolute atomic E-state index is 0.159. The van der Waals surface area contributed by atoms with Gasteiger partial charge in [-0.2, -0.15) is 0 Å². The van der Waals surface area contributed by atoms with Crippen LogP contribution in [-0.2, 0) is 0 Å². The van der Waals surface area contributed by atoms with E-state index in [1.54, 1.807) is 6.07 Å². The Morgan fingerprint density at radius 2 is 2.23 bits per heavy atom. The Labute approximate surface area is 82.7 Å². The summed E-state index contributed by atoms with van der Waals surface area (Å²) in [6, 6.07) is 4.13. The summed E-state index contributed by atoms with van der Waals surface area (Å²) in [5, 5.41) is 0.544. The van der Waals surface area contributed by atoms with Crippen LogP contribution in [0.25, 0.3) is 0 Å². The first-order chi connectivity index (χ1) is 6.15. The lowest BCUT2D eigenvalue weighted by Crippen LogP contribution is -2.10. The topological polar surface area (TPSA) is 26.0 Å². The van der Waals surface area contributed by atoms with Crippen molar-refractivity contribution in [2.75, 3.05) is 0 Å². The van der Waals surface area contributed by atoms with Crippen LogP contribution >= 0.6 is 11.6 Å². The zero-order chi connectivity index (χ0) is 9.84. The maximum Gasteiger partial charge on any atom is 0.123 e. The maximum absolute atomic E-state index is 12.8. The molecule has 1 rings (SSSR count). The second kappa shape index (κ2) is 4.58. The molecule has 0 heterocycles. The predicted molar refractivity (Wildman–Crippen MR) is 53.2 cm³/mol. The van der Waals surface area contributed by atoms with Gasteiger partial charge in [0.05, 0.1) is 0 Å². The molecule has 1 nitrogen and oxygen atoms in total. The van der Waals surface area contributed by atoms with E-state index in [0.29, 0.717) is 10.6 Å². The standard InChI is InChI=1S/C10H13ClFN/c1-2-3-10(13)8-6-7(12)4-5-9(8)11/h4-6,10H,2-3,13H2,1H3/t10-/m0/s1. The molecular weight excluding hydrogens is 189 g/mol. The van der Waals surface area contributed by atoms with Crippen LogP contribution in [0, 0.1) is 5.82 Å². The van der Waals surface area contributed by atoms with Gasteiger partial charge in [-0.3, -0.25) is 0 Å². The van der Waals surface area contributed by atoms with E-state index in [9.17, 15) is 4.39 Å². The average Bonchev–Trinajstić information content (AvgIpc) is 2.09. The Bertz CT molecular complexity index is 288. The molecule has 0 saturated carbocycles. The first kappa shape index (κ1) is 10.5. The van der Waals surface area contributed by atoms with E-state index < -0.39 is 0 Å². The van der Waals surface area contributed by atoms with Gasteiger partial charge in [-0.1, -0.05) is 24.9 Å². The number of hydrogen-bond acceptors (Lipinski definition) is 1. The van der Waals surface area contributed by atoms with Gasteiger partial charge in [-0.25, -0.2) is 4.39 Å². The molecule has 0 amide bonds. The van der Waals surface area contributed by atoms with Gasteiger partial charge in [-0.05, 0) is 30.2 Å². The van der Waals surface area contributed by atoms with Gasteiger partial charge < -0.3 is 5.73 Å². The van der Waals surface area contributed by atoms with Crippen LogP contribution in [0.4, 0.5) is 4.39 Å². The summed E-state index contributed by atoms with van der Waals surface area (Å²) in [7, 11) is 0. The maximum atomic E-state index is 12.8. The first-order valence-corrected chi connectivity index (χ1v) is 4.73. The molecule has 0 aliphatic rings. The number of halogens is 2. The predicted octanol–water partition coefficient (Wildman–Crippen LogP) is 3.28. The van der Waals surface area contributed by atoms with Gasteiger partial charge in [0, 0.05) is 11.1 Å². The zero-order valence-electron chi connectivity index (χ0n) is 7.56. The largest absolute Gasteiger partial charge is 0.324 e. The molecule has 13 heavy (non-hydrogen) atoms. The second-order valence-electron chi connectivity index (χ2n) is 3.06. The summed E-state index contributed by atoms with van der Waals surface area (Å²) in [6.45, 7) is 2.03. The van der Waals surface area contributed by atoms with E-state index in [0.717, 1.165) is 12.8 Å². The van der Waals surface area contributed by atoms with Crippen molar-refractivity contribution in [2.24, 2.45) is 5.73 Å². The zero-order valence-corrected chi connectivity index (χ0v) is 8.31. The van der Waals surface area contributed by atoms with Crippen LogP contribution in [0.1, 0.15) is 31.4 Å². The van der Waals surface area contributed by atoms with Crippen molar-refractivity contribution in [3.05, 3.63) is 34.6 Å². The summed E-state index contributed by atoms with van der Waals surface area (Å²) in [5.74, 6) is -0.286. The molecule has 0 aromatic heterocycles. The molecule has 0 unspecified atom stereocenters. The molecule has 0 fully saturated rings. The fourth-order valence-corrected chi connectivity index (χ4v) is 1.52. The molecule has 1 atom stereocenters. The highest BCUT2D eigenvalue weighted by molar-refractivity contribution is 6.31.